The Morgan fingerprint density at radius 3 is 2.81 bits per heavy atom. The van der Waals surface area contributed by atoms with Crippen molar-refractivity contribution in [3.8, 4) is 0 Å². The smallest absolute Gasteiger partial charge is 0.340 e. The van der Waals surface area contributed by atoms with Gasteiger partial charge in [-0.25, -0.2) is 14.0 Å². The molecule has 1 heterocycles. The Hall–Kier alpha value is -2.90. The minimum absolute atomic E-state index is 0.112. The highest BCUT2D eigenvalue weighted by molar-refractivity contribution is 6.00. The van der Waals surface area contributed by atoms with Gasteiger partial charge in [0.1, 0.15) is 11.4 Å². The lowest BCUT2D eigenvalue weighted by Gasteiger charge is -2.14. The molecule has 0 spiro atoms. The SMILES string of the molecule is CC(NC(=O)Nc1cccc(F)c1C(=O)O)c1cn[nH]c1. The van der Waals surface area contributed by atoms with Crippen molar-refractivity contribution in [2.75, 3.05) is 5.32 Å². The van der Waals surface area contributed by atoms with Crippen LogP contribution in [0.25, 0.3) is 0 Å². The summed E-state index contributed by atoms with van der Waals surface area (Å²) < 4.78 is 13.5. The van der Waals surface area contributed by atoms with E-state index in [1.165, 1.54) is 12.1 Å². The second kappa shape index (κ2) is 6.04. The van der Waals surface area contributed by atoms with Crippen LogP contribution in [-0.4, -0.2) is 27.3 Å². The van der Waals surface area contributed by atoms with E-state index in [2.05, 4.69) is 20.8 Å². The quantitative estimate of drug-likeness (QED) is 0.692. The minimum atomic E-state index is -1.45. The maximum absolute atomic E-state index is 13.5. The van der Waals surface area contributed by atoms with Crippen LogP contribution >= 0.6 is 0 Å². The van der Waals surface area contributed by atoms with Crippen LogP contribution in [0.4, 0.5) is 14.9 Å². The Bertz CT molecular complexity index is 657. The molecule has 0 bridgehead atoms. The van der Waals surface area contributed by atoms with Gasteiger partial charge in [0, 0.05) is 11.8 Å². The first-order chi connectivity index (χ1) is 9.99. The van der Waals surface area contributed by atoms with Gasteiger partial charge >= 0.3 is 12.0 Å². The summed E-state index contributed by atoms with van der Waals surface area (Å²) in [5, 5.41) is 20.3. The number of aromatic carboxylic acids is 1. The van der Waals surface area contributed by atoms with Gasteiger partial charge in [0.2, 0.25) is 0 Å². The average molecular weight is 292 g/mol. The van der Waals surface area contributed by atoms with E-state index < -0.39 is 23.4 Å². The van der Waals surface area contributed by atoms with Crippen molar-refractivity contribution in [1.82, 2.24) is 15.5 Å². The van der Waals surface area contributed by atoms with Gasteiger partial charge in [-0.1, -0.05) is 6.07 Å². The summed E-state index contributed by atoms with van der Waals surface area (Å²) in [6, 6.07) is 2.66. The Morgan fingerprint density at radius 1 is 1.43 bits per heavy atom. The second-order valence-corrected chi connectivity index (χ2v) is 4.32. The van der Waals surface area contributed by atoms with Gasteiger partial charge in [0.05, 0.1) is 17.9 Å². The Labute approximate surface area is 119 Å². The van der Waals surface area contributed by atoms with Gasteiger partial charge in [0.25, 0.3) is 0 Å². The summed E-state index contributed by atoms with van der Waals surface area (Å²) in [6.45, 7) is 1.73. The fraction of sp³-hybridized carbons (Fsp3) is 0.154. The molecule has 2 amide bonds. The molecule has 0 aliphatic rings. The number of amides is 2. The summed E-state index contributed by atoms with van der Waals surface area (Å²) >= 11 is 0. The van der Waals surface area contributed by atoms with Crippen molar-refractivity contribution in [3.05, 3.63) is 47.5 Å². The molecule has 4 N–H and O–H groups in total. The molecule has 21 heavy (non-hydrogen) atoms. The number of carbonyl (C=O) groups excluding carboxylic acids is 1. The Kier molecular flexibility index (Phi) is 4.17. The highest BCUT2D eigenvalue weighted by Gasteiger charge is 2.18. The number of anilines is 1. The number of aromatic nitrogens is 2. The van der Waals surface area contributed by atoms with Gasteiger partial charge in [-0.2, -0.15) is 5.10 Å². The normalized spacial score (nSPS) is 11.7. The molecule has 0 saturated heterocycles. The van der Waals surface area contributed by atoms with E-state index in [0.717, 1.165) is 11.6 Å². The first kappa shape index (κ1) is 14.5. The number of hydrogen-bond acceptors (Lipinski definition) is 3. The van der Waals surface area contributed by atoms with Crippen molar-refractivity contribution < 1.29 is 19.1 Å². The number of aromatic amines is 1. The summed E-state index contributed by atoms with van der Waals surface area (Å²) in [7, 11) is 0. The van der Waals surface area contributed by atoms with Gasteiger partial charge in [0.15, 0.2) is 0 Å². The largest absolute Gasteiger partial charge is 0.478 e. The van der Waals surface area contributed by atoms with Crippen LogP contribution in [0.1, 0.15) is 28.9 Å². The predicted octanol–water partition coefficient (Wildman–Crippen LogP) is 2.13. The number of carboxylic acids is 1. The van der Waals surface area contributed by atoms with E-state index in [9.17, 15) is 14.0 Å². The van der Waals surface area contributed by atoms with E-state index in [1.807, 2.05) is 0 Å². The summed E-state index contributed by atoms with van der Waals surface area (Å²) in [5.41, 5.74) is 0.0610. The van der Waals surface area contributed by atoms with Crippen LogP contribution in [-0.2, 0) is 0 Å². The first-order valence-electron chi connectivity index (χ1n) is 6.07. The van der Waals surface area contributed by atoms with Gasteiger partial charge in [-0.3, -0.25) is 5.10 Å². The third-order valence-electron chi connectivity index (χ3n) is 2.84. The number of halogens is 1. The molecule has 8 heteroatoms. The number of carbonyl (C=O) groups is 2. The molecule has 1 aromatic heterocycles. The zero-order chi connectivity index (χ0) is 15.4. The van der Waals surface area contributed by atoms with Crippen molar-refractivity contribution in [2.45, 2.75) is 13.0 Å². The molecule has 0 fully saturated rings. The highest BCUT2D eigenvalue weighted by Crippen LogP contribution is 2.19. The molecule has 110 valence electrons. The van der Waals surface area contributed by atoms with Gasteiger partial charge < -0.3 is 15.7 Å². The van der Waals surface area contributed by atoms with Crippen LogP contribution in [0, 0.1) is 5.82 Å². The molecule has 0 aliphatic heterocycles. The molecule has 1 unspecified atom stereocenters. The monoisotopic (exact) mass is 292 g/mol. The van der Waals surface area contributed by atoms with Crippen LogP contribution in [0.3, 0.4) is 0 Å². The number of carboxylic acid groups (broad SMARTS) is 1. The van der Waals surface area contributed by atoms with Gasteiger partial charge in [-0.15, -0.1) is 0 Å². The molecule has 2 aromatic rings. The lowest BCUT2D eigenvalue weighted by Crippen LogP contribution is -2.31. The molecule has 0 aliphatic carbocycles. The first-order valence-corrected chi connectivity index (χ1v) is 6.07. The molecule has 1 atom stereocenters. The van der Waals surface area contributed by atoms with E-state index >= 15 is 0 Å². The molecular formula is C13H13FN4O3. The standard InChI is InChI=1S/C13H13FN4O3/c1-7(8-5-15-16-6-8)17-13(21)18-10-4-2-3-9(14)11(10)12(19)20/h2-7H,1H3,(H,15,16)(H,19,20)(H2,17,18,21). The number of benzene rings is 1. The number of hydrogen-bond donors (Lipinski definition) is 4. The third-order valence-corrected chi connectivity index (χ3v) is 2.84. The molecule has 2 rings (SSSR count). The van der Waals surface area contributed by atoms with Crippen molar-refractivity contribution >= 4 is 17.7 Å². The number of rotatable bonds is 4. The second-order valence-electron chi connectivity index (χ2n) is 4.32. The lowest BCUT2D eigenvalue weighted by atomic mass is 10.1. The third kappa shape index (κ3) is 3.35. The van der Waals surface area contributed by atoms with Crippen molar-refractivity contribution in [1.29, 1.82) is 0 Å². The molecule has 0 saturated carbocycles. The fourth-order valence-electron chi connectivity index (χ4n) is 1.78. The fourth-order valence-corrected chi connectivity index (χ4v) is 1.78. The van der Waals surface area contributed by atoms with Crippen molar-refractivity contribution in [3.63, 3.8) is 0 Å². The van der Waals surface area contributed by atoms with E-state index in [0.29, 0.717) is 0 Å². The number of urea groups is 1. The number of nitrogens with zero attached hydrogens (tertiary/aromatic N) is 1. The molecule has 7 nitrogen and oxygen atoms in total. The van der Waals surface area contributed by atoms with E-state index in [1.54, 1.807) is 19.3 Å². The Morgan fingerprint density at radius 2 is 2.19 bits per heavy atom. The van der Waals surface area contributed by atoms with Crippen LogP contribution in [0.2, 0.25) is 0 Å². The zero-order valence-electron chi connectivity index (χ0n) is 11.1. The van der Waals surface area contributed by atoms with Crippen LogP contribution < -0.4 is 10.6 Å². The molecule has 0 radical (unpaired) electrons. The van der Waals surface area contributed by atoms with Crippen LogP contribution in [0.15, 0.2) is 30.6 Å². The minimum Gasteiger partial charge on any atom is -0.478 e. The van der Waals surface area contributed by atoms with Crippen LogP contribution in [0.5, 0.6) is 0 Å². The van der Waals surface area contributed by atoms with E-state index in [-0.39, 0.29) is 11.7 Å². The molecule has 1 aromatic carbocycles. The van der Waals surface area contributed by atoms with Crippen molar-refractivity contribution in [2.24, 2.45) is 0 Å². The zero-order valence-corrected chi connectivity index (χ0v) is 11.1. The Balaban J connectivity index is 2.10. The van der Waals surface area contributed by atoms with E-state index in [4.69, 9.17) is 5.11 Å². The number of H-pyrrole nitrogens is 1. The highest BCUT2D eigenvalue weighted by atomic mass is 19.1. The summed E-state index contributed by atoms with van der Waals surface area (Å²) in [4.78, 5) is 22.8. The summed E-state index contributed by atoms with van der Waals surface area (Å²) in [6.07, 6.45) is 3.17. The van der Waals surface area contributed by atoms with Gasteiger partial charge in [-0.05, 0) is 19.1 Å². The maximum Gasteiger partial charge on any atom is 0.340 e. The summed E-state index contributed by atoms with van der Waals surface area (Å²) in [5.74, 6) is -2.37. The predicted molar refractivity (Wildman–Crippen MR) is 72.5 cm³/mol. The maximum atomic E-state index is 13.5. The lowest BCUT2D eigenvalue weighted by molar-refractivity contribution is 0.0693. The number of nitrogens with one attached hydrogen (secondary N) is 3. The molecular weight excluding hydrogens is 279 g/mol. The topological polar surface area (TPSA) is 107 Å². The average Bonchev–Trinajstić information content (AvgIpc) is 2.91.